The monoisotopic (exact) mass is 302 g/mol. The van der Waals surface area contributed by atoms with Crippen molar-refractivity contribution in [2.75, 3.05) is 32.5 Å². The van der Waals surface area contributed by atoms with Gasteiger partial charge in [0.25, 0.3) is 0 Å². The van der Waals surface area contributed by atoms with Crippen LogP contribution in [0.3, 0.4) is 0 Å². The maximum Gasteiger partial charge on any atom is 0.244 e. The van der Waals surface area contributed by atoms with Crippen molar-refractivity contribution in [1.29, 1.82) is 0 Å². The second-order valence-corrected chi connectivity index (χ2v) is 7.06. The summed E-state index contributed by atoms with van der Waals surface area (Å²) in [6, 6.07) is 3.32. The predicted octanol–water partition coefficient (Wildman–Crippen LogP) is 1.45. The Balaban J connectivity index is 2.16. The van der Waals surface area contributed by atoms with Crippen molar-refractivity contribution in [1.82, 2.24) is 4.31 Å². The minimum atomic E-state index is -3.70. The molecule has 1 heterocycles. The Kier molecular flexibility index (Phi) is 4.62. The minimum Gasteiger partial charge on any atom is -0.398 e. The molecular formula is C13H19FN2O3S. The van der Waals surface area contributed by atoms with Crippen molar-refractivity contribution in [3.8, 4) is 0 Å². The quantitative estimate of drug-likeness (QED) is 0.855. The molecule has 0 bridgehead atoms. The summed E-state index contributed by atoms with van der Waals surface area (Å²) < 4.78 is 44.5. The minimum absolute atomic E-state index is 0.0573. The lowest BCUT2D eigenvalue weighted by atomic mass is 10.0. The first-order chi connectivity index (χ1) is 9.41. The molecule has 1 aromatic rings. The molecule has 0 radical (unpaired) electrons. The number of hydrogen-bond donors (Lipinski definition) is 1. The molecule has 20 heavy (non-hydrogen) atoms. The van der Waals surface area contributed by atoms with Crippen molar-refractivity contribution in [3.63, 3.8) is 0 Å². The van der Waals surface area contributed by atoms with Crippen molar-refractivity contribution in [2.24, 2.45) is 5.92 Å². The highest BCUT2D eigenvalue weighted by Gasteiger charge is 2.26. The van der Waals surface area contributed by atoms with Gasteiger partial charge < -0.3 is 10.5 Å². The number of rotatable bonds is 4. The van der Waals surface area contributed by atoms with Crippen molar-refractivity contribution in [3.05, 3.63) is 24.0 Å². The topological polar surface area (TPSA) is 72.6 Å². The number of nitrogen functional groups attached to an aromatic ring is 1. The molecule has 1 saturated heterocycles. The number of anilines is 1. The highest BCUT2D eigenvalue weighted by atomic mass is 32.2. The molecule has 112 valence electrons. The lowest BCUT2D eigenvalue weighted by Crippen LogP contribution is -2.35. The van der Waals surface area contributed by atoms with Crippen LogP contribution in [0, 0.1) is 11.7 Å². The summed E-state index contributed by atoms with van der Waals surface area (Å²) in [5, 5.41) is 0. The van der Waals surface area contributed by atoms with Gasteiger partial charge in [0.2, 0.25) is 10.0 Å². The molecule has 0 spiro atoms. The van der Waals surface area contributed by atoms with Crippen LogP contribution in [0.5, 0.6) is 0 Å². The summed E-state index contributed by atoms with van der Waals surface area (Å²) in [6.45, 7) is 1.68. The molecule has 1 unspecified atom stereocenters. The van der Waals surface area contributed by atoms with Gasteiger partial charge in [-0.2, -0.15) is 0 Å². The van der Waals surface area contributed by atoms with Gasteiger partial charge in [0, 0.05) is 20.2 Å². The van der Waals surface area contributed by atoms with E-state index in [0.717, 1.165) is 31.6 Å². The third kappa shape index (κ3) is 3.28. The molecule has 0 saturated carbocycles. The van der Waals surface area contributed by atoms with Gasteiger partial charge >= 0.3 is 0 Å². The van der Waals surface area contributed by atoms with Crippen LogP contribution in [0.25, 0.3) is 0 Å². The van der Waals surface area contributed by atoms with E-state index < -0.39 is 15.8 Å². The summed E-state index contributed by atoms with van der Waals surface area (Å²) in [5.41, 5.74) is 5.54. The maximum atomic E-state index is 13.0. The zero-order valence-electron chi connectivity index (χ0n) is 11.4. The van der Waals surface area contributed by atoms with E-state index in [1.165, 1.54) is 17.4 Å². The SMILES string of the molecule is CN(CC1CCCOC1)S(=O)(=O)c1ccc(F)cc1N. The van der Waals surface area contributed by atoms with Gasteiger partial charge in [0.1, 0.15) is 10.7 Å². The smallest absolute Gasteiger partial charge is 0.244 e. The van der Waals surface area contributed by atoms with E-state index in [1.54, 1.807) is 0 Å². The van der Waals surface area contributed by atoms with Crippen molar-refractivity contribution < 1.29 is 17.5 Å². The first kappa shape index (κ1) is 15.2. The van der Waals surface area contributed by atoms with Crippen molar-refractivity contribution >= 4 is 15.7 Å². The lowest BCUT2D eigenvalue weighted by molar-refractivity contribution is 0.0495. The van der Waals surface area contributed by atoms with E-state index in [1.807, 2.05) is 0 Å². The number of ether oxygens (including phenoxy) is 1. The van der Waals surface area contributed by atoms with E-state index in [4.69, 9.17) is 10.5 Å². The molecule has 1 aromatic carbocycles. The Hall–Kier alpha value is -1.18. The molecule has 1 aliphatic rings. The second kappa shape index (κ2) is 6.07. The fourth-order valence-corrected chi connectivity index (χ4v) is 3.67. The normalized spacial score (nSPS) is 20.2. The molecule has 7 heteroatoms. The molecule has 5 nitrogen and oxygen atoms in total. The summed E-state index contributed by atoms with van der Waals surface area (Å²) in [6.07, 6.45) is 1.88. The Morgan fingerprint density at radius 1 is 1.50 bits per heavy atom. The van der Waals surface area contributed by atoms with E-state index in [2.05, 4.69) is 0 Å². The van der Waals surface area contributed by atoms with Gasteiger partial charge in [-0.1, -0.05) is 0 Å². The van der Waals surface area contributed by atoms with Crippen LogP contribution in [0.2, 0.25) is 0 Å². The lowest BCUT2D eigenvalue weighted by Gasteiger charge is -2.27. The number of sulfonamides is 1. The van der Waals surface area contributed by atoms with Gasteiger partial charge in [-0.15, -0.1) is 0 Å². The Morgan fingerprint density at radius 2 is 2.25 bits per heavy atom. The highest BCUT2D eigenvalue weighted by molar-refractivity contribution is 7.89. The molecule has 1 atom stereocenters. The van der Waals surface area contributed by atoms with Gasteiger partial charge in [-0.05, 0) is 37.0 Å². The third-order valence-electron chi connectivity index (χ3n) is 3.43. The average Bonchev–Trinajstić information content (AvgIpc) is 2.39. The van der Waals surface area contributed by atoms with Crippen LogP contribution in [0.1, 0.15) is 12.8 Å². The van der Waals surface area contributed by atoms with Gasteiger partial charge in [-0.3, -0.25) is 0 Å². The van der Waals surface area contributed by atoms with Crippen LogP contribution >= 0.6 is 0 Å². The summed E-state index contributed by atoms with van der Waals surface area (Å²) in [7, 11) is -2.19. The van der Waals surface area contributed by atoms with Crippen LogP contribution in [-0.2, 0) is 14.8 Å². The Bertz CT molecular complexity index is 571. The first-order valence-electron chi connectivity index (χ1n) is 6.50. The van der Waals surface area contributed by atoms with E-state index >= 15 is 0 Å². The number of benzene rings is 1. The van der Waals surface area contributed by atoms with Crippen LogP contribution < -0.4 is 5.73 Å². The molecule has 0 aromatic heterocycles. The van der Waals surface area contributed by atoms with E-state index in [0.29, 0.717) is 13.2 Å². The van der Waals surface area contributed by atoms with E-state index in [9.17, 15) is 12.8 Å². The first-order valence-corrected chi connectivity index (χ1v) is 7.94. The highest BCUT2D eigenvalue weighted by Crippen LogP contribution is 2.24. The fraction of sp³-hybridized carbons (Fsp3) is 0.538. The summed E-state index contributed by atoms with van der Waals surface area (Å²) in [5.74, 6) is -0.366. The standard InChI is InChI=1S/C13H19FN2O3S/c1-16(8-10-3-2-6-19-9-10)20(17,18)13-5-4-11(14)7-12(13)15/h4-5,7,10H,2-3,6,8-9,15H2,1H3. The Morgan fingerprint density at radius 3 is 2.85 bits per heavy atom. The molecule has 1 aliphatic heterocycles. The third-order valence-corrected chi connectivity index (χ3v) is 5.33. The Labute approximate surface area is 118 Å². The largest absolute Gasteiger partial charge is 0.398 e. The number of nitrogens with zero attached hydrogens (tertiary/aromatic N) is 1. The number of halogens is 1. The number of hydrogen-bond acceptors (Lipinski definition) is 4. The molecule has 0 aliphatic carbocycles. The zero-order valence-corrected chi connectivity index (χ0v) is 12.2. The molecule has 2 N–H and O–H groups in total. The van der Waals surface area contributed by atoms with Crippen LogP contribution in [0.15, 0.2) is 23.1 Å². The summed E-state index contributed by atoms with van der Waals surface area (Å²) >= 11 is 0. The van der Waals surface area contributed by atoms with E-state index in [-0.39, 0.29) is 16.5 Å². The molecule has 0 amide bonds. The molecule has 1 fully saturated rings. The number of nitrogens with two attached hydrogens (primary N) is 1. The zero-order chi connectivity index (χ0) is 14.8. The second-order valence-electron chi connectivity index (χ2n) is 5.05. The molecular weight excluding hydrogens is 283 g/mol. The van der Waals surface area contributed by atoms with Crippen LogP contribution in [-0.4, -0.2) is 39.5 Å². The van der Waals surface area contributed by atoms with Gasteiger partial charge in [0.15, 0.2) is 0 Å². The predicted molar refractivity (Wildman–Crippen MR) is 74.2 cm³/mol. The molecule has 2 rings (SSSR count). The van der Waals surface area contributed by atoms with Crippen molar-refractivity contribution in [2.45, 2.75) is 17.7 Å². The fourth-order valence-electron chi connectivity index (χ4n) is 2.34. The maximum absolute atomic E-state index is 13.0. The van der Waals surface area contributed by atoms with Gasteiger partial charge in [-0.25, -0.2) is 17.1 Å². The van der Waals surface area contributed by atoms with Gasteiger partial charge in [0.05, 0.1) is 12.3 Å². The summed E-state index contributed by atoms with van der Waals surface area (Å²) in [4.78, 5) is -0.0573. The average molecular weight is 302 g/mol. The van der Waals surface area contributed by atoms with Crippen LogP contribution in [0.4, 0.5) is 10.1 Å².